The maximum atomic E-state index is 13.1. The third-order valence-corrected chi connectivity index (χ3v) is 3.34. The molecule has 104 valence electrons. The fourth-order valence-corrected chi connectivity index (χ4v) is 2.24. The van der Waals surface area contributed by atoms with Gasteiger partial charge >= 0.3 is 11.9 Å². The molecule has 1 rings (SSSR count). The van der Waals surface area contributed by atoms with Crippen molar-refractivity contribution >= 4 is 27.6 Å². The molecule has 19 heavy (non-hydrogen) atoms. The van der Waals surface area contributed by atoms with E-state index in [4.69, 9.17) is 10.2 Å². The molecule has 0 atom stereocenters. The van der Waals surface area contributed by atoms with Gasteiger partial charge in [-0.3, -0.25) is 9.52 Å². The van der Waals surface area contributed by atoms with E-state index < -0.39 is 45.5 Å². The number of anilines is 1. The highest BCUT2D eigenvalue weighted by Crippen LogP contribution is 2.16. The van der Waals surface area contributed by atoms with Crippen molar-refractivity contribution in [3.63, 3.8) is 0 Å². The Bertz CT molecular complexity index is 612. The fraction of sp³-hybridized carbons (Fsp3) is 0.200. The molecular weight excluding hydrogens is 281 g/mol. The molecule has 7 nitrogen and oxygen atoms in total. The molecule has 0 amide bonds. The normalized spacial score (nSPS) is 11.0. The predicted octanol–water partition coefficient (Wildman–Crippen LogP) is 0.740. The van der Waals surface area contributed by atoms with Crippen molar-refractivity contribution in [2.45, 2.75) is 6.42 Å². The van der Waals surface area contributed by atoms with Crippen LogP contribution in [0.4, 0.5) is 10.1 Å². The molecule has 1 aromatic rings. The first kappa shape index (κ1) is 14.9. The fourth-order valence-electron chi connectivity index (χ4n) is 1.20. The average molecular weight is 291 g/mol. The summed E-state index contributed by atoms with van der Waals surface area (Å²) in [5.74, 6) is -4.48. The molecule has 0 aliphatic rings. The van der Waals surface area contributed by atoms with Crippen molar-refractivity contribution in [1.29, 1.82) is 0 Å². The summed E-state index contributed by atoms with van der Waals surface area (Å²) in [5, 5.41) is 17.0. The molecule has 0 radical (unpaired) electrons. The Hall–Kier alpha value is -2.16. The summed E-state index contributed by atoms with van der Waals surface area (Å²) in [6, 6.07) is 2.66. The quantitative estimate of drug-likeness (QED) is 0.710. The zero-order valence-electron chi connectivity index (χ0n) is 9.46. The second kappa shape index (κ2) is 5.65. The number of halogens is 1. The van der Waals surface area contributed by atoms with E-state index in [0.29, 0.717) is 0 Å². The Morgan fingerprint density at radius 3 is 2.42 bits per heavy atom. The number of carboxylic acids is 2. The highest BCUT2D eigenvalue weighted by atomic mass is 32.2. The van der Waals surface area contributed by atoms with Crippen LogP contribution < -0.4 is 4.72 Å². The van der Waals surface area contributed by atoms with E-state index >= 15 is 0 Å². The minimum Gasteiger partial charge on any atom is -0.481 e. The molecule has 3 N–H and O–H groups in total. The third kappa shape index (κ3) is 4.54. The van der Waals surface area contributed by atoms with E-state index in [1.54, 1.807) is 0 Å². The number of aliphatic carboxylic acids is 1. The molecule has 0 fully saturated rings. The van der Waals surface area contributed by atoms with Crippen LogP contribution in [0.5, 0.6) is 0 Å². The lowest BCUT2D eigenvalue weighted by Crippen LogP contribution is -2.19. The van der Waals surface area contributed by atoms with Crippen molar-refractivity contribution < 1.29 is 32.6 Å². The first-order chi connectivity index (χ1) is 8.71. The Morgan fingerprint density at radius 2 is 1.89 bits per heavy atom. The van der Waals surface area contributed by atoms with Crippen molar-refractivity contribution in [3.05, 3.63) is 29.6 Å². The molecule has 9 heteroatoms. The van der Waals surface area contributed by atoms with Crippen molar-refractivity contribution in [2.75, 3.05) is 10.5 Å². The molecule has 0 aliphatic heterocycles. The van der Waals surface area contributed by atoms with Gasteiger partial charge in [0.2, 0.25) is 10.0 Å². The van der Waals surface area contributed by atoms with Crippen molar-refractivity contribution in [2.24, 2.45) is 0 Å². The van der Waals surface area contributed by atoms with E-state index in [0.717, 1.165) is 18.2 Å². The van der Waals surface area contributed by atoms with Gasteiger partial charge in [0, 0.05) is 5.69 Å². The standard InChI is InChI=1S/C10H10FNO6S/c11-8-2-1-6(5-7(8)10(15)16)12-19(17,18)4-3-9(13)14/h1-2,5,12H,3-4H2,(H,13,14)(H,15,16). The number of hydrogen-bond acceptors (Lipinski definition) is 4. The minimum atomic E-state index is -3.93. The van der Waals surface area contributed by atoms with Gasteiger partial charge in [-0.1, -0.05) is 0 Å². The molecule has 0 saturated carbocycles. The van der Waals surface area contributed by atoms with E-state index in [1.165, 1.54) is 0 Å². The van der Waals surface area contributed by atoms with Crippen LogP contribution in [-0.4, -0.2) is 36.3 Å². The molecule has 0 aromatic heterocycles. The van der Waals surface area contributed by atoms with Gasteiger partial charge in [-0.2, -0.15) is 0 Å². The second-order valence-electron chi connectivity index (χ2n) is 3.56. The van der Waals surface area contributed by atoms with Crippen LogP contribution in [0, 0.1) is 5.82 Å². The largest absolute Gasteiger partial charge is 0.481 e. The number of rotatable bonds is 6. The van der Waals surface area contributed by atoms with Gasteiger partial charge in [-0.15, -0.1) is 0 Å². The van der Waals surface area contributed by atoms with E-state index in [-0.39, 0.29) is 5.69 Å². The average Bonchev–Trinajstić information content (AvgIpc) is 2.28. The SMILES string of the molecule is O=C(O)CCS(=O)(=O)Nc1ccc(F)c(C(=O)O)c1. The molecule has 0 bridgehead atoms. The maximum Gasteiger partial charge on any atom is 0.338 e. The van der Waals surface area contributed by atoms with Crippen LogP contribution in [0.3, 0.4) is 0 Å². The first-order valence-corrected chi connectivity index (χ1v) is 6.61. The maximum absolute atomic E-state index is 13.1. The Morgan fingerprint density at radius 1 is 1.26 bits per heavy atom. The van der Waals surface area contributed by atoms with Crippen molar-refractivity contribution in [1.82, 2.24) is 0 Å². The van der Waals surface area contributed by atoms with Gasteiger partial charge in [-0.25, -0.2) is 17.6 Å². The number of nitrogens with one attached hydrogen (secondary N) is 1. The molecular formula is C10H10FNO6S. The topological polar surface area (TPSA) is 121 Å². The van der Waals surface area contributed by atoms with Gasteiger partial charge < -0.3 is 10.2 Å². The molecule has 0 spiro atoms. The summed E-state index contributed by atoms with van der Waals surface area (Å²) in [5.41, 5.74) is -0.831. The number of aromatic carboxylic acids is 1. The van der Waals surface area contributed by atoms with Crippen molar-refractivity contribution in [3.8, 4) is 0 Å². The van der Waals surface area contributed by atoms with Gasteiger partial charge in [-0.05, 0) is 18.2 Å². The Kier molecular flexibility index (Phi) is 4.43. The first-order valence-electron chi connectivity index (χ1n) is 4.96. The molecule has 0 saturated heterocycles. The Balaban J connectivity index is 2.91. The summed E-state index contributed by atoms with van der Waals surface area (Å²) in [7, 11) is -3.93. The molecule has 1 aromatic carbocycles. The Labute approximate surface area is 107 Å². The van der Waals surface area contributed by atoms with Gasteiger partial charge in [0.25, 0.3) is 0 Å². The lowest BCUT2D eigenvalue weighted by molar-refractivity contribution is -0.136. The van der Waals surface area contributed by atoms with Gasteiger partial charge in [0.05, 0.1) is 17.7 Å². The van der Waals surface area contributed by atoms with Crippen LogP contribution >= 0.6 is 0 Å². The van der Waals surface area contributed by atoms with E-state index in [9.17, 15) is 22.4 Å². The summed E-state index contributed by atoms with van der Waals surface area (Å²) in [6.45, 7) is 0. The van der Waals surface area contributed by atoms with Crippen LogP contribution in [0.25, 0.3) is 0 Å². The van der Waals surface area contributed by atoms with Crippen LogP contribution in [-0.2, 0) is 14.8 Å². The third-order valence-electron chi connectivity index (χ3n) is 2.05. The van der Waals surface area contributed by atoms with Gasteiger partial charge in [0.15, 0.2) is 0 Å². The number of hydrogen-bond donors (Lipinski definition) is 3. The van der Waals surface area contributed by atoms with Crippen LogP contribution in [0.15, 0.2) is 18.2 Å². The lowest BCUT2D eigenvalue weighted by atomic mass is 10.2. The molecule has 0 unspecified atom stereocenters. The summed E-state index contributed by atoms with van der Waals surface area (Å²) in [6.07, 6.45) is -0.595. The highest BCUT2D eigenvalue weighted by Gasteiger charge is 2.16. The summed E-state index contributed by atoms with van der Waals surface area (Å²) in [4.78, 5) is 20.9. The zero-order chi connectivity index (χ0) is 14.6. The summed E-state index contributed by atoms with van der Waals surface area (Å²) < 4.78 is 38.0. The minimum absolute atomic E-state index is 0.149. The highest BCUT2D eigenvalue weighted by molar-refractivity contribution is 7.92. The zero-order valence-corrected chi connectivity index (χ0v) is 10.3. The van der Waals surface area contributed by atoms with Crippen LogP contribution in [0.2, 0.25) is 0 Å². The second-order valence-corrected chi connectivity index (χ2v) is 5.41. The molecule has 0 aliphatic carbocycles. The molecule has 0 heterocycles. The number of benzene rings is 1. The summed E-state index contributed by atoms with van der Waals surface area (Å²) >= 11 is 0. The van der Waals surface area contributed by atoms with Gasteiger partial charge in [0.1, 0.15) is 5.82 Å². The van der Waals surface area contributed by atoms with E-state index in [2.05, 4.69) is 0 Å². The predicted molar refractivity (Wildman–Crippen MR) is 63.0 cm³/mol. The number of carbonyl (C=O) groups is 2. The number of sulfonamides is 1. The smallest absolute Gasteiger partial charge is 0.338 e. The monoisotopic (exact) mass is 291 g/mol. The lowest BCUT2D eigenvalue weighted by Gasteiger charge is -2.08. The van der Waals surface area contributed by atoms with Crippen LogP contribution in [0.1, 0.15) is 16.8 Å². The van der Waals surface area contributed by atoms with E-state index in [1.807, 2.05) is 4.72 Å². The number of carboxylic acid groups (broad SMARTS) is 2.